The summed E-state index contributed by atoms with van der Waals surface area (Å²) in [6.45, 7) is -0.291. The van der Waals surface area contributed by atoms with Crippen molar-refractivity contribution >= 4 is 21.6 Å². The summed E-state index contributed by atoms with van der Waals surface area (Å²) in [5.41, 5.74) is -0.128. The average molecular weight is 308 g/mol. The van der Waals surface area contributed by atoms with Crippen molar-refractivity contribution in [1.82, 2.24) is 4.72 Å². The molecule has 2 N–H and O–H groups in total. The second-order valence-electron chi connectivity index (χ2n) is 4.68. The van der Waals surface area contributed by atoms with Crippen molar-refractivity contribution in [3.63, 3.8) is 0 Å². The molecule has 1 fully saturated rings. The van der Waals surface area contributed by atoms with Crippen molar-refractivity contribution in [1.29, 1.82) is 0 Å². The Kier molecular flexibility index (Phi) is 4.45. The van der Waals surface area contributed by atoms with Gasteiger partial charge in [-0.3, -0.25) is 0 Å². The molecule has 1 aliphatic rings. The molecule has 0 atom stereocenters. The Labute approximate surface area is 116 Å². The normalized spacial score (nSPS) is 16.4. The van der Waals surface area contributed by atoms with E-state index in [4.69, 9.17) is 16.7 Å². The van der Waals surface area contributed by atoms with E-state index in [2.05, 4.69) is 4.72 Å². The van der Waals surface area contributed by atoms with Crippen molar-refractivity contribution in [3.8, 4) is 0 Å². The summed E-state index contributed by atoms with van der Waals surface area (Å²) in [7, 11) is -3.94. The molecule has 1 aromatic carbocycles. The SMILES string of the molecule is O=S(=O)(NCC1CCC1)c1cc(Cl)cc(CO)c1F. The highest BCUT2D eigenvalue weighted by molar-refractivity contribution is 7.89. The monoisotopic (exact) mass is 307 g/mol. The molecule has 0 spiro atoms. The Morgan fingerprint density at radius 1 is 1.42 bits per heavy atom. The standard InChI is InChI=1S/C12H15ClFNO3S/c13-10-4-9(7-16)12(14)11(5-10)19(17,18)15-6-8-2-1-3-8/h4-5,8,15-16H,1-3,6-7H2. The van der Waals surface area contributed by atoms with Crippen LogP contribution in [0.15, 0.2) is 17.0 Å². The lowest BCUT2D eigenvalue weighted by molar-refractivity contribution is 0.274. The van der Waals surface area contributed by atoms with Crippen LogP contribution in [0.1, 0.15) is 24.8 Å². The first-order valence-electron chi connectivity index (χ1n) is 6.02. The van der Waals surface area contributed by atoms with Crippen molar-refractivity contribution in [2.24, 2.45) is 5.92 Å². The summed E-state index contributed by atoms with van der Waals surface area (Å²) in [5, 5.41) is 9.06. The zero-order chi connectivity index (χ0) is 14.0. The highest BCUT2D eigenvalue weighted by Gasteiger charge is 2.25. The maximum Gasteiger partial charge on any atom is 0.243 e. The van der Waals surface area contributed by atoms with Crippen LogP contribution in [0.3, 0.4) is 0 Å². The van der Waals surface area contributed by atoms with E-state index >= 15 is 0 Å². The molecule has 0 heterocycles. The summed E-state index contributed by atoms with van der Waals surface area (Å²) >= 11 is 5.74. The number of halogens is 2. The second-order valence-corrected chi connectivity index (χ2v) is 6.86. The van der Waals surface area contributed by atoms with Crippen molar-refractivity contribution in [3.05, 3.63) is 28.5 Å². The first-order chi connectivity index (χ1) is 8.94. The molecule has 1 aromatic rings. The van der Waals surface area contributed by atoms with Gasteiger partial charge in [0.15, 0.2) is 0 Å². The molecule has 0 saturated heterocycles. The number of aliphatic hydroxyl groups is 1. The first kappa shape index (κ1) is 14.7. The Morgan fingerprint density at radius 3 is 2.63 bits per heavy atom. The van der Waals surface area contributed by atoms with Crippen LogP contribution in [-0.2, 0) is 16.6 Å². The summed E-state index contributed by atoms with van der Waals surface area (Å²) in [4.78, 5) is -0.511. The van der Waals surface area contributed by atoms with Crippen LogP contribution in [0.4, 0.5) is 4.39 Å². The van der Waals surface area contributed by atoms with Gasteiger partial charge in [0, 0.05) is 17.1 Å². The van der Waals surface area contributed by atoms with E-state index in [0.29, 0.717) is 12.5 Å². The summed E-state index contributed by atoms with van der Waals surface area (Å²) < 4.78 is 40.4. The molecule has 0 unspecified atom stereocenters. The van der Waals surface area contributed by atoms with Crippen LogP contribution in [0.2, 0.25) is 5.02 Å². The van der Waals surface area contributed by atoms with Gasteiger partial charge in [-0.25, -0.2) is 17.5 Å². The van der Waals surface area contributed by atoms with E-state index in [1.807, 2.05) is 0 Å². The third-order valence-electron chi connectivity index (χ3n) is 3.33. The van der Waals surface area contributed by atoms with Gasteiger partial charge >= 0.3 is 0 Å². The van der Waals surface area contributed by atoms with Gasteiger partial charge in [-0.05, 0) is 30.9 Å². The molecular formula is C12H15ClFNO3S. The van der Waals surface area contributed by atoms with Crippen LogP contribution in [0.25, 0.3) is 0 Å². The zero-order valence-electron chi connectivity index (χ0n) is 10.2. The van der Waals surface area contributed by atoms with Gasteiger partial charge < -0.3 is 5.11 Å². The molecule has 106 valence electrons. The van der Waals surface area contributed by atoms with Gasteiger partial charge in [-0.2, -0.15) is 0 Å². The second kappa shape index (κ2) is 5.75. The van der Waals surface area contributed by atoms with Gasteiger partial charge in [0.2, 0.25) is 10.0 Å². The molecule has 19 heavy (non-hydrogen) atoms. The van der Waals surface area contributed by atoms with Crippen molar-refractivity contribution in [2.45, 2.75) is 30.8 Å². The van der Waals surface area contributed by atoms with Crippen LogP contribution < -0.4 is 4.72 Å². The lowest BCUT2D eigenvalue weighted by Gasteiger charge is -2.25. The van der Waals surface area contributed by atoms with E-state index < -0.39 is 27.3 Å². The van der Waals surface area contributed by atoms with Crippen LogP contribution in [0.5, 0.6) is 0 Å². The van der Waals surface area contributed by atoms with Crippen molar-refractivity contribution in [2.75, 3.05) is 6.54 Å². The number of benzene rings is 1. The number of sulfonamides is 1. The number of hydrogen-bond donors (Lipinski definition) is 2. The highest BCUT2D eigenvalue weighted by atomic mass is 35.5. The predicted octanol–water partition coefficient (Wildman–Crippen LogP) is 2.05. The quantitative estimate of drug-likeness (QED) is 0.875. The van der Waals surface area contributed by atoms with E-state index in [1.54, 1.807) is 0 Å². The molecule has 7 heteroatoms. The minimum atomic E-state index is -3.94. The average Bonchev–Trinajstić information content (AvgIpc) is 2.29. The Balaban J connectivity index is 2.25. The fraction of sp³-hybridized carbons (Fsp3) is 0.500. The van der Waals surface area contributed by atoms with Crippen molar-refractivity contribution < 1.29 is 17.9 Å². The van der Waals surface area contributed by atoms with E-state index in [1.165, 1.54) is 6.07 Å². The molecule has 0 aromatic heterocycles. The summed E-state index contributed by atoms with van der Waals surface area (Å²) in [5.74, 6) is -0.623. The number of aliphatic hydroxyl groups excluding tert-OH is 1. The molecule has 1 aliphatic carbocycles. The van der Waals surface area contributed by atoms with E-state index in [-0.39, 0.29) is 10.6 Å². The Bertz CT molecular complexity index is 573. The largest absolute Gasteiger partial charge is 0.392 e. The lowest BCUT2D eigenvalue weighted by Crippen LogP contribution is -2.32. The maximum absolute atomic E-state index is 13.9. The number of rotatable bonds is 5. The Morgan fingerprint density at radius 2 is 2.11 bits per heavy atom. The highest BCUT2D eigenvalue weighted by Crippen LogP contribution is 2.27. The van der Waals surface area contributed by atoms with Gasteiger partial charge in [0.25, 0.3) is 0 Å². The van der Waals surface area contributed by atoms with Gasteiger partial charge in [0.1, 0.15) is 10.7 Å². The first-order valence-corrected chi connectivity index (χ1v) is 7.88. The van der Waals surface area contributed by atoms with Crippen LogP contribution in [0, 0.1) is 11.7 Å². The predicted molar refractivity (Wildman–Crippen MR) is 69.9 cm³/mol. The fourth-order valence-corrected chi connectivity index (χ4v) is 3.50. The zero-order valence-corrected chi connectivity index (χ0v) is 11.8. The summed E-state index contributed by atoms with van der Waals surface area (Å²) in [6, 6.07) is 2.26. The molecule has 0 bridgehead atoms. The third-order valence-corrected chi connectivity index (χ3v) is 4.97. The number of nitrogens with one attached hydrogen (secondary N) is 1. The minimum absolute atomic E-state index is 0.0782. The maximum atomic E-state index is 13.9. The van der Waals surface area contributed by atoms with Gasteiger partial charge in [-0.15, -0.1) is 0 Å². The third kappa shape index (κ3) is 3.25. The minimum Gasteiger partial charge on any atom is -0.392 e. The van der Waals surface area contributed by atoms with Crippen LogP contribution >= 0.6 is 11.6 Å². The molecule has 2 rings (SSSR count). The topological polar surface area (TPSA) is 66.4 Å². The van der Waals surface area contributed by atoms with E-state index in [0.717, 1.165) is 25.3 Å². The summed E-state index contributed by atoms with van der Waals surface area (Å²) in [6.07, 6.45) is 3.08. The molecule has 0 aliphatic heterocycles. The molecule has 0 amide bonds. The van der Waals surface area contributed by atoms with E-state index in [9.17, 15) is 12.8 Å². The smallest absolute Gasteiger partial charge is 0.243 e. The Hall–Kier alpha value is -0.690. The number of hydrogen-bond acceptors (Lipinski definition) is 3. The molecular weight excluding hydrogens is 293 g/mol. The lowest BCUT2D eigenvalue weighted by atomic mass is 9.86. The molecule has 0 radical (unpaired) electrons. The van der Waals surface area contributed by atoms with Gasteiger partial charge in [0.05, 0.1) is 6.61 Å². The fourth-order valence-electron chi connectivity index (χ4n) is 1.93. The molecule has 1 saturated carbocycles. The molecule has 4 nitrogen and oxygen atoms in total. The van der Waals surface area contributed by atoms with Gasteiger partial charge in [-0.1, -0.05) is 18.0 Å². The van der Waals surface area contributed by atoms with Crippen LogP contribution in [-0.4, -0.2) is 20.1 Å².